The van der Waals surface area contributed by atoms with E-state index in [9.17, 15) is 14.0 Å². The van der Waals surface area contributed by atoms with Crippen LogP contribution in [0.1, 0.15) is 37.0 Å². The van der Waals surface area contributed by atoms with E-state index in [1.165, 1.54) is 48.5 Å². The van der Waals surface area contributed by atoms with Crippen molar-refractivity contribution in [3.05, 3.63) is 59.9 Å². The molecule has 0 N–H and O–H groups in total. The zero-order chi connectivity index (χ0) is 17.5. The first kappa shape index (κ1) is 17.7. The molecule has 2 rings (SSSR count). The fourth-order valence-corrected chi connectivity index (χ4v) is 1.93. The van der Waals surface area contributed by atoms with E-state index in [0.717, 1.165) is 6.42 Å². The van der Waals surface area contributed by atoms with Crippen molar-refractivity contribution < 1.29 is 23.5 Å². The van der Waals surface area contributed by atoms with E-state index in [1.807, 2.05) is 13.8 Å². The van der Waals surface area contributed by atoms with Gasteiger partial charge in [-0.3, -0.25) is 4.79 Å². The second-order valence-electron chi connectivity index (χ2n) is 5.56. The third-order valence-corrected chi connectivity index (χ3v) is 3.56. The maximum atomic E-state index is 12.8. The van der Waals surface area contributed by atoms with Crippen LogP contribution in [0.2, 0.25) is 0 Å². The highest BCUT2D eigenvalue weighted by molar-refractivity contribution is 5.91. The smallest absolute Gasteiger partial charge is 0.343 e. The molecule has 0 heterocycles. The molecule has 0 aromatic heterocycles. The Bertz CT molecular complexity index is 692. The average Bonchev–Trinajstić information content (AvgIpc) is 2.57. The standard InChI is InChI=1S/C19H19FO4/c1-3-13(2)12-18(21)23-16-8-4-14(5-9-16)19(22)24-17-10-6-15(20)7-11-17/h4-11,13H,3,12H2,1-2H3. The highest BCUT2D eigenvalue weighted by Gasteiger charge is 2.12. The first-order valence-electron chi connectivity index (χ1n) is 7.76. The fraction of sp³-hybridized carbons (Fsp3) is 0.263. The Morgan fingerprint density at radius 2 is 1.50 bits per heavy atom. The van der Waals surface area contributed by atoms with Crippen molar-refractivity contribution in [2.24, 2.45) is 5.92 Å². The van der Waals surface area contributed by atoms with Gasteiger partial charge in [0.15, 0.2) is 0 Å². The van der Waals surface area contributed by atoms with Crippen LogP contribution in [0.3, 0.4) is 0 Å². The molecule has 0 amide bonds. The Morgan fingerprint density at radius 1 is 0.958 bits per heavy atom. The predicted octanol–water partition coefficient (Wildman–Crippen LogP) is 4.39. The maximum Gasteiger partial charge on any atom is 0.343 e. The molecule has 2 aromatic rings. The number of carbonyl (C=O) groups is 2. The second-order valence-corrected chi connectivity index (χ2v) is 5.56. The molecule has 0 saturated heterocycles. The molecule has 2 aromatic carbocycles. The molecule has 0 aliphatic heterocycles. The summed E-state index contributed by atoms with van der Waals surface area (Å²) >= 11 is 0. The summed E-state index contributed by atoms with van der Waals surface area (Å²) in [7, 11) is 0. The van der Waals surface area contributed by atoms with E-state index in [4.69, 9.17) is 9.47 Å². The summed E-state index contributed by atoms with van der Waals surface area (Å²) in [6, 6.07) is 11.3. The summed E-state index contributed by atoms with van der Waals surface area (Å²) in [5, 5.41) is 0. The Hall–Kier alpha value is -2.69. The highest BCUT2D eigenvalue weighted by atomic mass is 19.1. The molecular weight excluding hydrogens is 311 g/mol. The molecule has 0 spiro atoms. The molecule has 0 radical (unpaired) electrons. The van der Waals surface area contributed by atoms with Gasteiger partial charge in [0.05, 0.1) is 5.56 Å². The monoisotopic (exact) mass is 330 g/mol. The summed E-state index contributed by atoms with van der Waals surface area (Å²) < 4.78 is 23.2. The lowest BCUT2D eigenvalue weighted by Gasteiger charge is -2.09. The third kappa shape index (κ3) is 5.19. The first-order chi connectivity index (χ1) is 11.5. The minimum absolute atomic E-state index is 0.255. The molecule has 24 heavy (non-hydrogen) atoms. The number of halogens is 1. The number of hydrogen-bond donors (Lipinski definition) is 0. The molecule has 1 atom stereocenters. The molecule has 0 aliphatic rings. The quantitative estimate of drug-likeness (QED) is 0.582. The summed E-state index contributed by atoms with van der Waals surface area (Å²) in [5.74, 6) is -0.377. The maximum absolute atomic E-state index is 12.8. The Morgan fingerprint density at radius 3 is 2.08 bits per heavy atom. The van der Waals surface area contributed by atoms with E-state index in [0.29, 0.717) is 17.7 Å². The van der Waals surface area contributed by atoms with Crippen LogP contribution in [-0.2, 0) is 4.79 Å². The van der Waals surface area contributed by atoms with Gasteiger partial charge in [0.2, 0.25) is 0 Å². The number of hydrogen-bond acceptors (Lipinski definition) is 4. The molecule has 0 aliphatic carbocycles. The van der Waals surface area contributed by atoms with Crippen LogP contribution in [-0.4, -0.2) is 11.9 Å². The van der Waals surface area contributed by atoms with Gasteiger partial charge < -0.3 is 9.47 Å². The number of benzene rings is 2. The van der Waals surface area contributed by atoms with E-state index >= 15 is 0 Å². The van der Waals surface area contributed by atoms with Crippen LogP contribution in [0.25, 0.3) is 0 Å². The molecule has 0 fully saturated rings. The summed E-state index contributed by atoms with van der Waals surface area (Å²) in [6.45, 7) is 4.00. The predicted molar refractivity (Wildman–Crippen MR) is 87.5 cm³/mol. The minimum Gasteiger partial charge on any atom is -0.427 e. The molecule has 4 nitrogen and oxygen atoms in total. The zero-order valence-electron chi connectivity index (χ0n) is 13.6. The van der Waals surface area contributed by atoms with Crippen LogP contribution in [0, 0.1) is 11.7 Å². The van der Waals surface area contributed by atoms with Gasteiger partial charge in [-0.25, -0.2) is 9.18 Å². The van der Waals surface area contributed by atoms with Gasteiger partial charge in [0, 0.05) is 6.42 Å². The van der Waals surface area contributed by atoms with Crippen molar-refractivity contribution in [1.82, 2.24) is 0 Å². The summed E-state index contributed by atoms with van der Waals surface area (Å²) in [5.41, 5.74) is 0.307. The van der Waals surface area contributed by atoms with Crippen molar-refractivity contribution in [1.29, 1.82) is 0 Å². The Kier molecular flexibility index (Phi) is 6.07. The molecule has 0 saturated carbocycles. The molecule has 126 valence electrons. The van der Waals surface area contributed by atoms with E-state index in [2.05, 4.69) is 0 Å². The van der Waals surface area contributed by atoms with Crippen molar-refractivity contribution in [2.75, 3.05) is 0 Å². The number of esters is 2. The van der Waals surface area contributed by atoms with Gasteiger partial charge in [-0.1, -0.05) is 20.3 Å². The zero-order valence-corrected chi connectivity index (χ0v) is 13.6. The van der Waals surface area contributed by atoms with E-state index in [-0.39, 0.29) is 17.6 Å². The highest BCUT2D eigenvalue weighted by Crippen LogP contribution is 2.17. The Balaban J connectivity index is 1.94. The topological polar surface area (TPSA) is 52.6 Å². The molecule has 0 bridgehead atoms. The van der Waals surface area contributed by atoms with Crippen LogP contribution in [0.4, 0.5) is 4.39 Å². The van der Waals surface area contributed by atoms with Crippen LogP contribution >= 0.6 is 0 Å². The lowest BCUT2D eigenvalue weighted by atomic mass is 10.1. The largest absolute Gasteiger partial charge is 0.427 e. The van der Waals surface area contributed by atoms with Gasteiger partial charge >= 0.3 is 11.9 Å². The van der Waals surface area contributed by atoms with Gasteiger partial charge in [-0.05, 0) is 54.4 Å². The van der Waals surface area contributed by atoms with Crippen molar-refractivity contribution in [2.45, 2.75) is 26.7 Å². The van der Waals surface area contributed by atoms with Gasteiger partial charge in [-0.2, -0.15) is 0 Å². The van der Waals surface area contributed by atoms with Gasteiger partial charge in [0.1, 0.15) is 17.3 Å². The summed E-state index contributed by atoms with van der Waals surface area (Å²) in [6.07, 6.45) is 1.26. The SMILES string of the molecule is CCC(C)CC(=O)Oc1ccc(C(=O)Oc2ccc(F)cc2)cc1. The van der Waals surface area contributed by atoms with Crippen molar-refractivity contribution in [3.8, 4) is 11.5 Å². The lowest BCUT2D eigenvalue weighted by Crippen LogP contribution is -2.12. The second kappa shape index (κ2) is 8.24. The van der Waals surface area contributed by atoms with Crippen LogP contribution in [0.15, 0.2) is 48.5 Å². The van der Waals surface area contributed by atoms with E-state index < -0.39 is 11.8 Å². The minimum atomic E-state index is -0.570. The number of ether oxygens (including phenoxy) is 2. The molecule has 1 unspecified atom stereocenters. The van der Waals surface area contributed by atoms with Crippen LogP contribution < -0.4 is 9.47 Å². The average molecular weight is 330 g/mol. The first-order valence-corrected chi connectivity index (χ1v) is 7.76. The van der Waals surface area contributed by atoms with Crippen molar-refractivity contribution in [3.63, 3.8) is 0 Å². The lowest BCUT2D eigenvalue weighted by molar-refractivity contribution is -0.135. The Labute approximate surface area is 140 Å². The number of carbonyl (C=O) groups excluding carboxylic acids is 2. The molecular formula is C19H19FO4. The van der Waals surface area contributed by atoms with Gasteiger partial charge in [-0.15, -0.1) is 0 Å². The van der Waals surface area contributed by atoms with Gasteiger partial charge in [0.25, 0.3) is 0 Å². The molecule has 5 heteroatoms. The fourth-order valence-electron chi connectivity index (χ4n) is 1.93. The van der Waals surface area contributed by atoms with Crippen molar-refractivity contribution >= 4 is 11.9 Å². The normalized spacial score (nSPS) is 11.6. The van der Waals surface area contributed by atoms with Crippen LogP contribution in [0.5, 0.6) is 11.5 Å². The summed E-state index contributed by atoms with van der Waals surface area (Å²) in [4.78, 5) is 23.7. The third-order valence-electron chi connectivity index (χ3n) is 3.56. The number of rotatable bonds is 6. The van der Waals surface area contributed by atoms with E-state index in [1.54, 1.807) is 0 Å².